The van der Waals surface area contributed by atoms with Gasteiger partial charge in [0.15, 0.2) is 5.96 Å². The van der Waals surface area contributed by atoms with Crippen molar-refractivity contribution >= 4 is 45.9 Å². The van der Waals surface area contributed by atoms with Crippen LogP contribution in [0.1, 0.15) is 24.2 Å². The van der Waals surface area contributed by atoms with Crippen molar-refractivity contribution in [2.24, 2.45) is 16.5 Å². The maximum Gasteiger partial charge on any atom is 0.280 e. The Hall–Kier alpha value is -1.35. The zero-order chi connectivity index (χ0) is 16.2. The van der Waals surface area contributed by atoms with E-state index in [2.05, 4.69) is 4.99 Å². The van der Waals surface area contributed by atoms with Gasteiger partial charge in [0.1, 0.15) is 4.90 Å². The number of nitrogens with two attached hydrogens (primary N) is 2. The lowest BCUT2D eigenvalue weighted by Gasteiger charge is -2.19. The third kappa shape index (κ3) is 4.57. The summed E-state index contributed by atoms with van der Waals surface area (Å²) in [5, 5.41) is 0.0307. The Morgan fingerprint density at radius 1 is 1.27 bits per heavy atom. The van der Waals surface area contributed by atoms with Gasteiger partial charge in [-0.3, -0.25) is 4.79 Å². The molecule has 1 amide bonds. The van der Waals surface area contributed by atoms with Gasteiger partial charge in [0.25, 0.3) is 5.91 Å². The molecule has 4 N–H and O–H groups in total. The Morgan fingerprint density at radius 3 is 2.27 bits per heavy atom. The van der Waals surface area contributed by atoms with Crippen LogP contribution in [0, 0.1) is 0 Å². The number of carbonyl (C=O) groups excluding carboxylic acids is 1. The van der Waals surface area contributed by atoms with Crippen LogP contribution in [-0.4, -0.2) is 37.7 Å². The Morgan fingerprint density at radius 2 is 1.82 bits per heavy atom. The fourth-order valence-electron chi connectivity index (χ4n) is 1.72. The molecular formula is C12H18Cl2N4O3S. The summed E-state index contributed by atoms with van der Waals surface area (Å²) < 4.78 is 26.2. The van der Waals surface area contributed by atoms with Crippen LogP contribution < -0.4 is 11.5 Å². The molecule has 0 heterocycles. The molecule has 0 aliphatic carbocycles. The molecule has 1 aromatic rings. The second-order valence-electron chi connectivity index (χ2n) is 4.08. The van der Waals surface area contributed by atoms with E-state index in [0.29, 0.717) is 13.1 Å². The van der Waals surface area contributed by atoms with E-state index in [0.717, 1.165) is 0 Å². The molecule has 0 aliphatic rings. The lowest BCUT2D eigenvalue weighted by molar-refractivity contribution is 0.100. The van der Waals surface area contributed by atoms with Crippen molar-refractivity contribution in [3.63, 3.8) is 0 Å². The van der Waals surface area contributed by atoms with E-state index < -0.39 is 21.9 Å². The van der Waals surface area contributed by atoms with Gasteiger partial charge in [-0.1, -0.05) is 25.4 Å². The predicted molar refractivity (Wildman–Crippen MR) is 88.9 cm³/mol. The standard InChI is InChI=1S/C12H17ClN4O3S.ClH/c1-3-17(4-2)21(19,20)10-7-8(5-6-9(10)13)11(18)16-12(14)15;/h5-7H,3-4H2,1-2H3,(H4,14,15,16,18);1H. The summed E-state index contributed by atoms with van der Waals surface area (Å²) in [6.07, 6.45) is 0. The quantitative estimate of drug-likeness (QED) is 0.597. The number of aliphatic imine (C=N–C) groups is 1. The van der Waals surface area contributed by atoms with Gasteiger partial charge in [0.2, 0.25) is 10.0 Å². The molecule has 0 saturated carbocycles. The molecule has 0 radical (unpaired) electrons. The topological polar surface area (TPSA) is 119 Å². The maximum atomic E-state index is 12.5. The maximum absolute atomic E-state index is 12.5. The second kappa shape index (κ2) is 8.33. The lowest BCUT2D eigenvalue weighted by Crippen LogP contribution is -2.31. The number of carbonyl (C=O) groups is 1. The SMILES string of the molecule is CCN(CC)S(=O)(=O)c1cc(C(=O)N=C(N)N)ccc1Cl.Cl. The third-order valence-corrected chi connectivity index (χ3v) is 5.26. The van der Waals surface area contributed by atoms with Gasteiger partial charge in [-0.2, -0.15) is 9.30 Å². The largest absolute Gasteiger partial charge is 0.370 e. The molecule has 0 aliphatic heterocycles. The molecule has 7 nitrogen and oxygen atoms in total. The highest BCUT2D eigenvalue weighted by atomic mass is 35.5. The first-order chi connectivity index (χ1) is 9.73. The van der Waals surface area contributed by atoms with Crippen LogP contribution in [0.2, 0.25) is 5.02 Å². The summed E-state index contributed by atoms with van der Waals surface area (Å²) in [5.74, 6) is -1.13. The Labute approximate surface area is 140 Å². The van der Waals surface area contributed by atoms with Crippen molar-refractivity contribution in [2.75, 3.05) is 13.1 Å². The van der Waals surface area contributed by atoms with Gasteiger partial charge in [-0.15, -0.1) is 12.4 Å². The number of hydrogen-bond donors (Lipinski definition) is 2. The monoisotopic (exact) mass is 368 g/mol. The number of amides is 1. The summed E-state index contributed by atoms with van der Waals surface area (Å²) in [5.41, 5.74) is 10.3. The molecule has 0 aromatic heterocycles. The predicted octanol–water partition coefficient (Wildman–Crippen LogP) is 1.21. The number of hydrogen-bond acceptors (Lipinski definition) is 3. The van der Waals surface area contributed by atoms with Gasteiger partial charge in [-0.25, -0.2) is 8.42 Å². The highest BCUT2D eigenvalue weighted by molar-refractivity contribution is 7.89. The van der Waals surface area contributed by atoms with Gasteiger partial charge in [0.05, 0.1) is 5.02 Å². The highest BCUT2D eigenvalue weighted by Crippen LogP contribution is 2.26. The fourth-order valence-corrected chi connectivity index (χ4v) is 3.68. The van der Waals surface area contributed by atoms with Crippen LogP contribution in [0.25, 0.3) is 0 Å². The Balaban J connectivity index is 0.00000441. The van der Waals surface area contributed by atoms with E-state index in [1.165, 1.54) is 22.5 Å². The van der Waals surface area contributed by atoms with Gasteiger partial charge < -0.3 is 11.5 Å². The Kier molecular flexibility index (Phi) is 7.82. The smallest absolute Gasteiger partial charge is 0.280 e. The summed E-state index contributed by atoms with van der Waals surface area (Å²) in [6.45, 7) is 4.01. The van der Waals surface area contributed by atoms with Crippen molar-refractivity contribution in [3.8, 4) is 0 Å². The summed E-state index contributed by atoms with van der Waals surface area (Å²) in [6, 6.07) is 3.86. The van der Waals surface area contributed by atoms with Crippen molar-refractivity contribution in [2.45, 2.75) is 18.7 Å². The molecule has 0 bridgehead atoms. The van der Waals surface area contributed by atoms with Crippen LogP contribution in [0.3, 0.4) is 0 Å². The van der Waals surface area contributed by atoms with E-state index in [1.807, 2.05) is 0 Å². The highest BCUT2D eigenvalue weighted by Gasteiger charge is 2.25. The van der Waals surface area contributed by atoms with E-state index in [-0.39, 0.29) is 27.9 Å². The summed E-state index contributed by atoms with van der Waals surface area (Å²) >= 11 is 5.95. The van der Waals surface area contributed by atoms with Gasteiger partial charge in [0, 0.05) is 18.7 Å². The first-order valence-electron chi connectivity index (χ1n) is 6.17. The minimum absolute atomic E-state index is 0. The molecule has 0 unspecified atom stereocenters. The third-order valence-electron chi connectivity index (χ3n) is 2.73. The van der Waals surface area contributed by atoms with Crippen molar-refractivity contribution in [1.29, 1.82) is 0 Å². The summed E-state index contributed by atoms with van der Waals surface area (Å²) in [4.78, 5) is 15.0. The summed E-state index contributed by atoms with van der Waals surface area (Å²) in [7, 11) is -3.78. The molecule has 124 valence electrons. The van der Waals surface area contributed by atoms with Crippen LogP contribution in [0.15, 0.2) is 28.1 Å². The number of benzene rings is 1. The number of sulfonamides is 1. The minimum Gasteiger partial charge on any atom is -0.370 e. The Bertz CT molecular complexity index is 669. The van der Waals surface area contributed by atoms with E-state index in [1.54, 1.807) is 13.8 Å². The molecule has 1 rings (SSSR count). The zero-order valence-electron chi connectivity index (χ0n) is 12.1. The van der Waals surface area contributed by atoms with Crippen molar-refractivity contribution < 1.29 is 13.2 Å². The molecular weight excluding hydrogens is 351 g/mol. The molecule has 0 spiro atoms. The number of rotatable bonds is 5. The van der Waals surface area contributed by atoms with Crippen LogP contribution in [0.4, 0.5) is 0 Å². The number of halogens is 2. The average Bonchev–Trinajstić information content (AvgIpc) is 2.39. The molecule has 1 aromatic carbocycles. The van der Waals surface area contributed by atoms with E-state index >= 15 is 0 Å². The first kappa shape index (κ1) is 20.6. The molecule has 22 heavy (non-hydrogen) atoms. The zero-order valence-corrected chi connectivity index (χ0v) is 14.5. The molecule has 0 fully saturated rings. The lowest BCUT2D eigenvalue weighted by atomic mass is 10.2. The number of nitrogens with zero attached hydrogens (tertiary/aromatic N) is 2. The van der Waals surface area contributed by atoms with Crippen molar-refractivity contribution in [1.82, 2.24) is 4.31 Å². The van der Waals surface area contributed by atoms with Gasteiger partial charge in [-0.05, 0) is 18.2 Å². The second-order valence-corrected chi connectivity index (χ2v) is 6.39. The van der Waals surface area contributed by atoms with Gasteiger partial charge >= 0.3 is 0 Å². The molecule has 10 heteroatoms. The van der Waals surface area contributed by atoms with E-state index in [9.17, 15) is 13.2 Å². The van der Waals surface area contributed by atoms with Crippen LogP contribution >= 0.6 is 24.0 Å². The first-order valence-corrected chi connectivity index (χ1v) is 7.99. The average molecular weight is 369 g/mol. The van der Waals surface area contributed by atoms with Crippen LogP contribution in [-0.2, 0) is 10.0 Å². The minimum atomic E-state index is -3.78. The normalized spacial score (nSPS) is 10.9. The molecule has 0 saturated heterocycles. The molecule has 0 atom stereocenters. The van der Waals surface area contributed by atoms with Crippen molar-refractivity contribution in [3.05, 3.63) is 28.8 Å². The number of guanidine groups is 1. The van der Waals surface area contributed by atoms with Crippen LogP contribution in [0.5, 0.6) is 0 Å². The van der Waals surface area contributed by atoms with E-state index in [4.69, 9.17) is 23.1 Å². The fraction of sp³-hybridized carbons (Fsp3) is 0.333.